The molecule has 0 fully saturated rings. The molecule has 0 aliphatic rings. The molecule has 0 saturated carbocycles. The Morgan fingerprint density at radius 2 is 1.55 bits per heavy atom. The van der Waals surface area contributed by atoms with E-state index in [4.69, 9.17) is 9.47 Å². The van der Waals surface area contributed by atoms with Crippen molar-refractivity contribution >= 4 is 11.8 Å². The molecular formula is C27H25N3O3. The van der Waals surface area contributed by atoms with Crippen molar-refractivity contribution < 1.29 is 14.3 Å². The molecule has 1 N–H and O–H groups in total. The van der Waals surface area contributed by atoms with Gasteiger partial charge in [0, 0.05) is 18.2 Å². The molecule has 33 heavy (non-hydrogen) atoms. The molecule has 0 amide bonds. The lowest BCUT2D eigenvalue weighted by Crippen LogP contribution is -2.33. The zero-order valence-corrected chi connectivity index (χ0v) is 18.3. The van der Waals surface area contributed by atoms with Gasteiger partial charge in [0.2, 0.25) is 0 Å². The Morgan fingerprint density at radius 1 is 0.879 bits per heavy atom. The summed E-state index contributed by atoms with van der Waals surface area (Å²) in [4.78, 5) is 21.3. The first-order valence-electron chi connectivity index (χ1n) is 10.7. The van der Waals surface area contributed by atoms with Crippen molar-refractivity contribution in [2.45, 2.75) is 19.1 Å². The highest BCUT2D eigenvalue weighted by Crippen LogP contribution is 2.21. The lowest BCUT2D eigenvalue weighted by atomic mass is 10.1. The Balaban J connectivity index is 1.44. The number of ether oxygens (including phenoxy) is 2. The van der Waals surface area contributed by atoms with Crippen LogP contribution in [0.5, 0.6) is 5.75 Å². The molecule has 1 aromatic heterocycles. The fraction of sp³-hybridized carbons (Fsp3) is 0.148. The molecule has 6 heteroatoms. The normalized spacial score (nSPS) is 11.4. The number of carbonyl (C=O) groups is 1. The lowest BCUT2D eigenvalue weighted by molar-refractivity contribution is -0.141. The molecule has 4 rings (SSSR count). The summed E-state index contributed by atoms with van der Waals surface area (Å²) < 4.78 is 10.8. The lowest BCUT2D eigenvalue weighted by Gasteiger charge is -2.17. The largest absolute Gasteiger partial charge is 0.489 e. The Labute approximate surface area is 193 Å². The molecule has 0 aliphatic heterocycles. The average molecular weight is 440 g/mol. The van der Waals surface area contributed by atoms with Crippen LogP contribution in [0.4, 0.5) is 5.82 Å². The van der Waals surface area contributed by atoms with Gasteiger partial charge in [-0.1, -0.05) is 60.7 Å². The van der Waals surface area contributed by atoms with E-state index in [0.717, 1.165) is 22.4 Å². The van der Waals surface area contributed by atoms with E-state index in [2.05, 4.69) is 15.3 Å². The van der Waals surface area contributed by atoms with E-state index in [9.17, 15) is 4.79 Å². The van der Waals surface area contributed by atoms with E-state index < -0.39 is 6.04 Å². The minimum Gasteiger partial charge on any atom is -0.489 e. The number of methoxy groups -OCH3 is 1. The molecule has 1 atom stereocenters. The summed E-state index contributed by atoms with van der Waals surface area (Å²) in [5.41, 5.74) is 2.99. The first-order chi connectivity index (χ1) is 16.2. The van der Waals surface area contributed by atoms with Gasteiger partial charge in [-0.25, -0.2) is 14.8 Å². The minimum atomic E-state index is -0.561. The van der Waals surface area contributed by atoms with Gasteiger partial charge in [0.1, 0.15) is 24.2 Å². The first-order valence-corrected chi connectivity index (χ1v) is 10.7. The molecular weight excluding hydrogens is 414 g/mol. The van der Waals surface area contributed by atoms with Crippen molar-refractivity contribution in [2.75, 3.05) is 12.4 Å². The molecule has 3 aromatic carbocycles. The van der Waals surface area contributed by atoms with Crippen molar-refractivity contribution in [1.29, 1.82) is 0 Å². The average Bonchev–Trinajstić information content (AvgIpc) is 2.88. The van der Waals surface area contributed by atoms with E-state index in [1.54, 1.807) is 12.3 Å². The number of nitrogens with one attached hydrogen (secondary N) is 1. The predicted octanol–water partition coefficient (Wildman–Crippen LogP) is 4.92. The van der Waals surface area contributed by atoms with Gasteiger partial charge >= 0.3 is 5.97 Å². The summed E-state index contributed by atoms with van der Waals surface area (Å²) in [6, 6.07) is 28.6. The number of benzene rings is 3. The number of carbonyl (C=O) groups excluding carboxylic acids is 1. The second kappa shape index (κ2) is 10.9. The van der Waals surface area contributed by atoms with Gasteiger partial charge < -0.3 is 14.8 Å². The highest BCUT2D eigenvalue weighted by Gasteiger charge is 2.20. The molecule has 0 bridgehead atoms. The van der Waals surface area contributed by atoms with Crippen LogP contribution in [-0.2, 0) is 22.6 Å². The van der Waals surface area contributed by atoms with Gasteiger partial charge in [-0.15, -0.1) is 0 Å². The maximum absolute atomic E-state index is 12.3. The molecule has 0 unspecified atom stereocenters. The molecule has 1 heterocycles. The number of hydrogen-bond donors (Lipinski definition) is 1. The maximum atomic E-state index is 12.3. The third kappa shape index (κ3) is 6.17. The summed E-state index contributed by atoms with van der Waals surface area (Å²) in [6.07, 6.45) is 2.15. The monoisotopic (exact) mass is 439 g/mol. The van der Waals surface area contributed by atoms with Crippen molar-refractivity contribution in [3.63, 3.8) is 0 Å². The standard InChI is InChI=1S/C27H25N3O3/c1-32-27(31)24(18-20-8-4-2-5-9-20)29-25-16-17-28-26(30-25)22-12-14-23(15-13-22)33-19-21-10-6-3-7-11-21/h2-17,24H,18-19H2,1H3,(H,28,29,30)/t24-/m0/s1. The second-order valence-corrected chi connectivity index (χ2v) is 7.47. The van der Waals surface area contributed by atoms with Crippen molar-refractivity contribution in [2.24, 2.45) is 0 Å². The molecule has 0 spiro atoms. The van der Waals surface area contributed by atoms with Crippen LogP contribution in [0.1, 0.15) is 11.1 Å². The van der Waals surface area contributed by atoms with Crippen LogP contribution in [-0.4, -0.2) is 29.1 Å². The van der Waals surface area contributed by atoms with E-state index in [1.165, 1.54) is 7.11 Å². The Kier molecular flexibility index (Phi) is 7.28. The smallest absolute Gasteiger partial charge is 0.328 e. The summed E-state index contributed by atoms with van der Waals surface area (Å²) >= 11 is 0. The Hall–Kier alpha value is -4.19. The summed E-state index contributed by atoms with van der Waals surface area (Å²) in [6.45, 7) is 0.506. The Morgan fingerprint density at radius 3 is 2.21 bits per heavy atom. The third-order valence-electron chi connectivity index (χ3n) is 5.11. The van der Waals surface area contributed by atoms with Crippen LogP contribution in [0.2, 0.25) is 0 Å². The van der Waals surface area contributed by atoms with Gasteiger partial charge in [0.15, 0.2) is 5.82 Å². The zero-order chi connectivity index (χ0) is 22.9. The quantitative estimate of drug-likeness (QED) is 0.373. The van der Waals surface area contributed by atoms with E-state index in [1.807, 2.05) is 84.9 Å². The molecule has 4 aromatic rings. The predicted molar refractivity (Wildman–Crippen MR) is 128 cm³/mol. The van der Waals surface area contributed by atoms with Crippen LogP contribution in [0.15, 0.2) is 97.2 Å². The minimum absolute atomic E-state index is 0.348. The third-order valence-corrected chi connectivity index (χ3v) is 5.11. The second-order valence-electron chi connectivity index (χ2n) is 7.47. The number of hydrogen-bond acceptors (Lipinski definition) is 6. The summed E-state index contributed by atoms with van der Waals surface area (Å²) in [7, 11) is 1.38. The molecule has 0 aliphatic carbocycles. The van der Waals surface area contributed by atoms with Crippen molar-refractivity contribution in [3.05, 3.63) is 108 Å². The topological polar surface area (TPSA) is 73.3 Å². The molecule has 0 radical (unpaired) electrons. The van der Waals surface area contributed by atoms with Crippen LogP contribution >= 0.6 is 0 Å². The summed E-state index contributed by atoms with van der Waals surface area (Å²) in [5.74, 6) is 1.53. The molecule has 166 valence electrons. The molecule has 6 nitrogen and oxygen atoms in total. The van der Waals surface area contributed by atoms with Gasteiger partial charge in [0.05, 0.1) is 7.11 Å². The number of nitrogens with zero attached hydrogens (tertiary/aromatic N) is 2. The van der Waals surface area contributed by atoms with Gasteiger partial charge in [-0.3, -0.25) is 0 Å². The number of rotatable bonds is 9. The van der Waals surface area contributed by atoms with E-state index >= 15 is 0 Å². The van der Waals surface area contributed by atoms with Crippen LogP contribution < -0.4 is 10.1 Å². The van der Waals surface area contributed by atoms with Gasteiger partial charge in [-0.05, 0) is 41.5 Å². The van der Waals surface area contributed by atoms with Crippen LogP contribution in [0, 0.1) is 0 Å². The van der Waals surface area contributed by atoms with E-state index in [-0.39, 0.29) is 5.97 Å². The highest BCUT2D eigenvalue weighted by molar-refractivity contribution is 5.79. The van der Waals surface area contributed by atoms with Crippen molar-refractivity contribution in [3.8, 4) is 17.1 Å². The van der Waals surface area contributed by atoms with Gasteiger partial charge in [-0.2, -0.15) is 0 Å². The summed E-state index contributed by atoms with van der Waals surface area (Å²) in [5, 5.41) is 3.19. The fourth-order valence-corrected chi connectivity index (χ4v) is 3.38. The first kappa shape index (κ1) is 22.0. The maximum Gasteiger partial charge on any atom is 0.328 e. The van der Waals surface area contributed by atoms with Crippen molar-refractivity contribution in [1.82, 2.24) is 9.97 Å². The zero-order valence-electron chi connectivity index (χ0n) is 18.3. The van der Waals surface area contributed by atoms with Crippen LogP contribution in [0.3, 0.4) is 0 Å². The fourth-order valence-electron chi connectivity index (χ4n) is 3.38. The SMILES string of the molecule is COC(=O)[C@H](Cc1ccccc1)Nc1ccnc(-c2ccc(OCc3ccccc3)cc2)n1. The van der Waals surface area contributed by atoms with Crippen LogP contribution in [0.25, 0.3) is 11.4 Å². The molecule has 0 saturated heterocycles. The Bertz CT molecular complexity index is 1170. The highest BCUT2D eigenvalue weighted by atomic mass is 16.5. The number of aromatic nitrogens is 2. The van der Waals surface area contributed by atoms with Gasteiger partial charge in [0.25, 0.3) is 0 Å². The number of esters is 1. The van der Waals surface area contributed by atoms with E-state index in [0.29, 0.717) is 24.7 Å². The number of anilines is 1.